The van der Waals surface area contributed by atoms with Crippen molar-refractivity contribution in [3.63, 3.8) is 0 Å². The van der Waals surface area contributed by atoms with Gasteiger partial charge in [0.05, 0.1) is 29.4 Å². The standard InChI is InChI=1S/C18H17BrN4O2S/c19-17-8-7-16(11-18(17)26(20,24)25)23(12-14-5-1-3-9-21-14)13-15-6-2-4-10-22-15/h1-11H,12-13H2,(H2,20,24,25). The van der Waals surface area contributed by atoms with E-state index in [1.54, 1.807) is 24.5 Å². The van der Waals surface area contributed by atoms with Gasteiger partial charge in [0.2, 0.25) is 10.0 Å². The number of primary sulfonamides is 1. The fourth-order valence-electron chi connectivity index (χ4n) is 2.52. The van der Waals surface area contributed by atoms with Crippen LogP contribution in [0.3, 0.4) is 0 Å². The van der Waals surface area contributed by atoms with E-state index in [4.69, 9.17) is 5.14 Å². The second kappa shape index (κ2) is 7.94. The van der Waals surface area contributed by atoms with Crippen molar-refractivity contribution in [2.24, 2.45) is 5.14 Å². The van der Waals surface area contributed by atoms with Gasteiger partial charge in [-0.25, -0.2) is 13.6 Å². The van der Waals surface area contributed by atoms with Crippen molar-refractivity contribution in [1.82, 2.24) is 9.97 Å². The Hall–Kier alpha value is -2.29. The van der Waals surface area contributed by atoms with E-state index in [0.717, 1.165) is 11.4 Å². The molecule has 2 N–H and O–H groups in total. The average molecular weight is 433 g/mol. The topological polar surface area (TPSA) is 89.2 Å². The Bertz CT molecular complexity index is 941. The SMILES string of the molecule is NS(=O)(=O)c1cc(N(Cc2ccccn2)Cc2ccccn2)ccc1Br. The summed E-state index contributed by atoms with van der Waals surface area (Å²) in [6.07, 6.45) is 3.46. The minimum absolute atomic E-state index is 0.0436. The molecule has 0 aliphatic rings. The van der Waals surface area contributed by atoms with Crippen molar-refractivity contribution in [1.29, 1.82) is 0 Å². The summed E-state index contributed by atoms with van der Waals surface area (Å²) in [7, 11) is -3.84. The van der Waals surface area contributed by atoms with E-state index in [1.165, 1.54) is 0 Å². The van der Waals surface area contributed by atoms with Crippen LogP contribution in [0.5, 0.6) is 0 Å². The molecule has 0 fully saturated rings. The molecule has 0 unspecified atom stereocenters. The van der Waals surface area contributed by atoms with E-state index < -0.39 is 10.0 Å². The zero-order valence-corrected chi connectivity index (χ0v) is 16.2. The Kier molecular flexibility index (Phi) is 5.65. The maximum Gasteiger partial charge on any atom is 0.239 e. The number of aromatic nitrogens is 2. The molecule has 6 nitrogen and oxygen atoms in total. The minimum atomic E-state index is -3.84. The summed E-state index contributed by atoms with van der Waals surface area (Å²) in [6, 6.07) is 16.5. The number of hydrogen-bond donors (Lipinski definition) is 1. The normalized spacial score (nSPS) is 11.3. The van der Waals surface area contributed by atoms with Gasteiger partial charge in [-0.05, 0) is 58.4 Å². The number of rotatable bonds is 6. The summed E-state index contributed by atoms with van der Waals surface area (Å²) in [5.41, 5.74) is 2.44. The van der Waals surface area contributed by atoms with Gasteiger partial charge in [-0.3, -0.25) is 9.97 Å². The number of sulfonamides is 1. The molecule has 8 heteroatoms. The average Bonchev–Trinajstić information content (AvgIpc) is 2.62. The molecule has 0 aliphatic heterocycles. The first-order valence-corrected chi connectivity index (χ1v) is 10.1. The van der Waals surface area contributed by atoms with Crippen LogP contribution in [0, 0.1) is 0 Å². The molecular formula is C18H17BrN4O2S. The zero-order valence-electron chi connectivity index (χ0n) is 13.8. The Morgan fingerprint density at radius 1 is 0.923 bits per heavy atom. The van der Waals surface area contributed by atoms with Crippen LogP contribution in [-0.2, 0) is 23.1 Å². The van der Waals surface area contributed by atoms with Crippen LogP contribution in [-0.4, -0.2) is 18.4 Å². The Morgan fingerprint density at radius 2 is 1.50 bits per heavy atom. The number of pyridine rings is 2. The molecule has 134 valence electrons. The van der Waals surface area contributed by atoms with Gasteiger partial charge in [0, 0.05) is 22.6 Å². The van der Waals surface area contributed by atoms with Crippen LogP contribution >= 0.6 is 15.9 Å². The molecule has 2 heterocycles. The third-order valence-electron chi connectivity index (χ3n) is 3.74. The van der Waals surface area contributed by atoms with Crippen LogP contribution in [0.15, 0.2) is 76.4 Å². The third kappa shape index (κ3) is 4.66. The second-order valence-corrected chi connectivity index (χ2v) is 8.04. The molecule has 0 aliphatic carbocycles. The number of nitrogens with zero attached hydrogens (tertiary/aromatic N) is 3. The summed E-state index contributed by atoms with van der Waals surface area (Å²) in [4.78, 5) is 10.8. The van der Waals surface area contributed by atoms with Crippen molar-refractivity contribution in [2.45, 2.75) is 18.0 Å². The summed E-state index contributed by atoms with van der Waals surface area (Å²) in [5.74, 6) is 0. The van der Waals surface area contributed by atoms with Crippen molar-refractivity contribution < 1.29 is 8.42 Å². The van der Waals surface area contributed by atoms with Gasteiger partial charge in [0.15, 0.2) is 0 Å². The zero-order chi connectivity index (χ0) is 18.6. The van der Waals surface area contributed by atoms with E-state index in [1.807, 2.05) is 47.4 Å². The number of nitrogens with two attached hydrogens (primary N) is 1. The lowest BCUT2D eigenvalue weighted by Crippen LogP contribution is -2.24. The molecule has 0 atom stereocenters. The summed E-state index contributed by atoms with van der Waals surface area (Å²) < 4.78 is 24.1. The molecule has 2 aromatic heterocycles. The third-order valence-corrected chi connectivity index (χ3v) is 5.65. The number of halogens is 1. The first-order chi connectivity index (χ1) is 12.4. The largest absolute Gasteiger partial charge is 0.360 e. The van der Waals surface area contributed by atoms with Crippen LogP contribution < -0.4 is 10.0 Å². The Labute approximate surface area is 160 Å². The van der Waals surface area contributed by atoms with E-state index in [0.29, 0.717) is 23.2 Å². The Morgan fingerprint density at radius 3 is 1.96 bits per heavy atom. The van der Waals surface area contributed by atoms with Crippen LogP contribution in [0.2, 0.25) is 0 Å². The second-order valence-electron chi connectivity index (χ2n) is 5.66. The monoisotopic (exact) mass is 432 g/mol. The van der Waals surface area contributed by atoms with Gasteiger partial charge in [-0.1, -0.05) is 12.1 Å². The number of benzene rings is 1. The molecule has 0 saturated heterocycles. The molecule has 0 bridgehead atoms. The first kappa shape index (κ1) is 18.5. The highest BCUT2D eigenvalue weighted by Gasteiger charge is 2.17. The molecule has 1 aromatic carbocycles. The molecule has 0 saturated carbocycles. The summed E-state index contributed by atoms with van der Waals surface area (Å²) in [5, 5.41) is 5.33. The maximum absolute atomic E-state index is 11.8. The smallest absolute Gasteiger partial charge is 0.239 e. The highest BCUT2D eigenvalue weighted by Crippen LogP contribution is 2.28. The van der Waals surface area contributed by atoms with Gasteiger partial charge < -0.3 is 4.90 Å². The lowest BCUT2D eigenvalue weighted by atomic mass is 10.2. The van der Waals surface area contributed by atoms with Gasteiger partial charge in [0.1, 0.15) is 0 Å². The van der Waals surface area contributed by atoms with Gasteiger partial charge in [-0.15, -0.1) is 0 Å². The quantitative estimate of drug-likeness (QED) is 0.646. The lowest BCUT2D eigenvalue weighted by Gasteiger charge is -2.25. The van der Waals surface area contributed by atoms with Crippen molar-refractivity contribution in [3.05, 3.63) is 82.9 Å². The van der Waals surface area contributed by atoms with Gasteiger partial charge >= 0.3 is 0 Å². The van der Waals surface area contributed by atoms with Crippen molar-refractivity contribution >= 4 is 31.6 Å². The molecular weight excluding hydrogens is 416 g/mol. The molecule has 0 spiro atoms. The molecule has 3 rings (SSSR count). The fraction of sp³-hybridized carbons (Fsp3) is 0.111. The van der Waals surface area contributed by atoms with Crippen LogP contribution in [0.4, 0.5) is 5.69 Å². The highest BCUT2D eigenvalue weighted by atomic mass is 79.9. The highest BCUT2D eigenvalue weighted by molar-refractivity contribution is 9.10. The maximum atomic E-state index is 11.8. The molecule has 26 heavy (non-hydrogen) atoms. The molecule has 0 amide bonds. The predicted molar refractivity (Wildman–Crippen MR) is 104 cm³/mol. The van der Waals surface area contributed by atoms with Crippen molar-refractivity contribution in [2.75, 3.05) is 4.90 Å². The first-order valence-electron chi connectivity index (χ1n) is 7.80. The van der Waals surface area contributed by atoms with Crippen molar-refractivity contribution in [3.8, 4) is 0 Å². The lowest BCUT2D eigenvalue weighted by molar-refractivity contribution is 0.597. The van der Waals surface area contributed by atoms with E-state index in [2.05, 4.69) is 25.9 Å². The van der Waals surface area contributed by atoms with Crippen LogP contribution in [0.1, 0.15) is 11.4 Å². The molecule has 3 aromatic rings. The van der Waals surface area contributed by atoms with E-state index in [-0.39, 0.29) is 4.90 Å². The van der Waals surface area contributed by atoms with Gasteiger partial charge in [-0.2, -0.15) is 0 Å². The summed E-state index contributed by atoms with van der Waals surface area (Å²) in [6.45, 7) is 1.01. The van der Waals surface area contributed by atoms with Gasteiger partial charge in [0.25, 0.3) is 0 Å². The minimum Gasteiger partial charge on any atom is -0.360 e. The Balaban J connectivity index is 2.00. The predicted octanol–water partition coefficient (Wildman–Crippen LogP) is 3.09. The van der Waals surface area contributed by atoms with Crippen LogP contribution in [0.25, 0.3) is 0 Å². The van der Waals surface area contributed by atoms with E-state index >= 15 is 0 Å². The fourth-order valence-corrected chi connectivity index (χ4v) is 4.07. The molecule has 0 radical (unpaired) electrons. The van der Waals surface area contributed by atoms with E-state index in [9.17, 15) is 8.42 Å². The summed E-state index contributed by atoms with van der Waals surface area (Å²) >= 11 is 3.25. The number of hydrogen-bond acceptors (Lipinski definition) is 5. The number of anilines is 1.